The van der Waals surface area contributed by atoms with Crippen LogP contribution in [0, 0.1) is 6.92 Å². The molecule has 0 aromatic carbocycles. The zero-order valence-electron chi connectivity index (χ0n) is 9.79. The SMILES string of the molecule is Cc1ccc(C(=O)NC2CCCCNC2=O)o1. The van der Waals surface area contributed by atoms with E-state index < -0.39 is 6.04 Å². The van der Waals surface area contributed by atoms with Gasteiger partial charge in [-0.2, -0.15) is 0 Å². The minimum atomic E-state index is -0.449. The van der Waals surface area contributed by atoms with Crippen LogP contribution < -0.4 is 10.6 Å². The molecule has 17 heavy (non-hydrogen) atoms. The standard InChI is InChI=1S/C12H16N2O3/c1-8-5-6-10(17-8)12(16)14-9-4-2-3-7-13-11(9)15/h5-6,9H,2-4,7H2,1H3,(H,13,15)(H,14,16). The van der Waals surface area contributed by atoms with Gasteiger partial charge in [0.1, 0.15) is 11.8 Å². The fourth-order valence-electron chi connectivity index (χ4n) is 1.86. The number of hydrogen-bond acceptors (Lipinski definition) is 3. The molecule has 1 fully saturated rings. The number of carbonyl (C=O) groups excluding carboxylic acids is 2. The van der Waals surface area contributed by atoms with Crippen LogP contribution in [0.1, 0.15) is 35.6 Å². The zero-order valence-corrected chi connectivity index (χ0v) is 9.79. The van der Waals surface area contributed by atoms with Gasteiger partial charge in [0.05, 0.1) is 0 Å². The largest absolute Gasteiger partial charge is 0.456 e. The second-order valence-electron chi connectivity index (χ2n) is 4.22. The van der Waals surface area contributed by atoms with Crippen LogP contribution in [0.2, 0.25) is 0 Å². The van der Waals surface area contributed by atoms with Crippen LogP contribution in [-0.2, 0) is 4.79 Å². The van der Waals surface area contributed by atoms with E-state index in [2.05, 4.69) is 10.6 Å². The highest BCUT2D eigenvalue weighted by Crippen LogP contribution is 2.09. The van der Waals surface area contributed by atoms with Crippen LogP contribution in [0.4, 0.5) is 0 Å². The molecule has 2 N–H and O–H groups in total. The van der Waals surface area contributed by atoms with Gasteiger partial charge < -0.3 is 15.1 Å². The number of hydrogen-bond donors (Lipinski definition) is 2. The van der Waals surface area contributed by atoms with Gasteiger partial charge in [0.25, 0.3) is 5.91 Å². The second-order valence-corrected chi connectivity index (χ2v) is 4.22. The van der Waals surface area contributed by atoms with Crippen LogP contribution in [-0.4, -0.2) is 24.4 Å². The van der Waals surface area contributed by atoms with Crippen molar-refractivity contribution in [2.75, 3.05) is 6.54 Å². The zero-order chi connectivity index (χ0) is 12.3. The van der Waals surface area contributed by atoms with Crippen molar-refractivity contribution in [3.63, 3.8) is 0 Å². The predicted octanol–water partition coefficient (Wildman–Crippen LogP) is 0.987. The van der Waals surface area contributed by atoms with E-state index in [4.69, 9.17) is 4.42 Å². The van der Waals surface area contributed by atoms with Crippen molar-refractivity contribution in [3.05, 3.63) is 23.7 Å². The molecule has 0 radical (unpaired) electrons. The van der Waals surface area contributed by atoms with E-state index in [0.29, 0.717) is 18.7 Å². The summed E-state index contributed by atoms with van der Waals surface area (Å²) in [7, 11) is 0. The molecule has 0 aliphatic carbocycles. The third kappa shape index (κ3) is 2.87. The topological polar surface area (TPSA) is 71.3 Å². The third-order valence-electron chi connectivity index (χ3n) is 2.80. The van der Waals surface area contributed by atoms with Gasteiger partial charge in [-0.05, 0) is 38.3 Å². The van der Waals surface area contributed by atoms with E-state index in [1.165, 1.54) is 0 Å². The fourth-order valence-corrected chi connectivity index (χ4v) is 1.86. The first kappa shape index (κ1) is 11.7. The molecule has 1 aliphatic heterocycles. The third-order valence-corrected chi connectivity index (χ3v) is 2.80. The number of furan rings is 1. The molecule has 5 nitrogen and oxygen atoms in total. The summed E-state index contributed by atoms with van der Waals surface area (Å²) in [6.45, 7) is 2.46. The van der Waals surface area contributed by atoms with Gasteiger partial charge in [-0.25, -0.2) is 0 Å². The molecule has 1 aromatic rings. The predicted molar refractivity (Wildman–Crippen MR) is 61.6 cm³/mol. The van der Waals surface area contributed by atoms with Crippen molar-refractivity contribution < 1.29 is 14.0 Å². The van der Waals surface area contributed by atoms with E-state index in [0.717, 1.165) is 12.8 Å². The fraction of sp³-hybridized carbons (Fsp3) is 0.500. The van der Waals surface area contributed by atoms with Crippen molar-refractivity contribution in [1.82, 2.24) is 10.6 Å². The monoisotopic (exact) mass is 236 g/mol. The molecule has 2 heterocycles. The van der Waals surface area contributed by atoms with Crippen LogP contribution >= 0.6 is 0 Å². The number of nitrogens with one attached hydrogen (secondary N) is 2. The quantitative estimate of drug-likeness (QED) is 0.804. The Morgan fingerprint density at radius 3 is 3.00 bits per heavy atom. The van der Waals surface area contributed by atoms with Gasteiger partial charge in [-0.1, -0.05) is 0 Å². The summed E-state index contributed by atoms with van der Waals surface area (Å²) in [5, 5.41) is 5.47. The van der Waals surface area contributed by atoms with Gasteiger partial charge in [0, 0.05) is 6.54 Å². The van der Waals surface area contributed by atoms with Crippen molar-refractivity contribution in [3.8, 4) is 0 Å². The maximum atomic E-state index is 11.8. The molecule has 2 rings (SSSR count). The Morgan fingerprint density at radius 1 is 1.47 bits per heavy atom. The molecule has 1 atom stereocenters. The molecular formula is C12H16N2O3. The van der Waals surface area contributed by atoms with E-state index in [1.54, 1.807) is 19.1 Å². The molecule has 0 saturated carbocycles. The smallest absolute Gasteiger partial charge is 0.287 e. The van der Waals surface area contributed by atoms with Crippen molar-refractivity contribution in [2.24, 2.45) is 0 Å². The summed E-state index contributed by atoms with van der Waals surface area (Å²) in [6, 6.07) is 2.89. The summed E-state index contributed by atoms with van der Waals surface area (Å²) in [6.07, 6.45) is 2.57. The molecule has 5 heteroatoms. The Kier molecular flexibility index (Phi) is 3.46. The van der Waals surface area contributed by atoms with Gasteiger partial charge in [0.2, 0.25) is 5.91 Å². The second kappa shape index (κ2) is 5.03. The molecule has 1 saturated heterocycles. The highest BCUT2D eigenvalue weighted by atomic mass is 16.3. The van der Waals surface area contributed by atoms with Crippen LogP contribution in [0.3, 0.4) is 0 Å². The number of carbonyl (C=O) groups is 2. The average Bonchev–Trinajstić information content (AvgIpc) is 2.63. The van der Waals surface area contributed by atoms with Gasteiger partial charge in [-0.15, -0.1) is 0 Å². The lowest BCUT2D eigenvalue weighted by molar-refractivity contribution is -0.122. The highest BCUT2D eigenvalue weighted by molar-refractivity contribution is 5.95. The summed E-state index contributed by atoms with van der Waals surface area (Å²) < 4.78 is 5.21. The molecule has 1 unspecified atom stereocenters. The Balaban J connectivity index is 1.99. The Labute approximate surface area is 99.6 Å². The van der Waals surface area contributed by atoms with E-state index in [9.17, 15) is 9.59 Å². The summed E-state index contributed by atoms with van der Waals surface area (Å²) >= 11 is 0. The molecule has 0 spiro atoms. The van der Waals surface area contributed by atoms with E-state index in [-0.39, 0.29) is 17.6 Å². The Morgan fingerprint density at radius 2 is 2.29 bits per heavy atom. The summed E-state index contributed by atoms with van der Waals surface area (Å²) in [4.78, 5) is 23.4. The van der Waals surface area contributed by atoms with Crippen molar-refractivity contribution in [2.45, 2.75) is 32.2 Å². The average molecular weight is 236 g/mol. The first-order valence-electron chi connectivity index (χ1n) is 5.82. The first-order chi connectivity index (χ1) is 8.16. The molecule has 92 valence electrons. The highest BCUT2D eigenvalue weighted by Gasteiger charge is 2.23. The molecular weight excluding hydrogens is 220 g/mol. The number of aryl methyl sites for hydroxylation is 1. The Bertz CT molecular complexity index is 425. The molecule has 1 aromatic heterocycles. The molecule has 0 bridgehead atoms. The summed E-state index contributed by atoms with van der Waals surface area (Å²) in [5.41, 5.74) is 0. The molecule has 1 aliphatic rings. The minimum absolute atomic E-state index is 0.112. The lowest BCUT2D eigenvalue weighted by Crippen LogP contribution is -2.45. The van der Waals surface area contributed by atoms with Gasteiger partial charge >= 0.3 is 0 Å². The van der Waals surface area contributed by atoms with Gasteiger partial charge in [0.15, 0.2) is 5.76 Å². The van der Waals surface area contributed by atoms with Gasteiger partial charge in [-0.3, -0.25) is 9.59 Å². The number of amides is 2. The number of rotatable bonds is 2. The summed E-state index contributed by atoms with van der Waals surface area (Å²) in [5.74, 6) is 0.485. The van der Waals surface area contributed by atoms with E-state index >= 15 is 0 Å². The normalized spacial score (nSPS) is 20.5. The van der Waals surface area contributed by atoms with Crippen LogP contribution in [0.15, 0.2) is 16.5 Å². The van der Waals surface area contributed by atoms with Crippen molar-refractivity contribution in [1.29, 1.82) is 0 Å². The van der Waals surface area contributed by atoms with Crippen LogP contribution in [0.5, 0.6) is 0 Å². The van der Waals surface area contributed by atoms with Crippen LogP contribution in [0.25, 0.3) is 0 Å². The maximum Gasteiger partial charge on any atom is 0.287 e. The Hall–Kier alpha value is -1.78. The first-order valence-corrected chi connectivity index (χ1v) is 5.82. The minimum Gasteiger partial charge on any atom is -0.456 e. The maximum absolute atomic E-state index is 11.8. The van der Waals surface area contributed by atoms with E-state index in [1.807, 2.05) is 0 Å². The lowest BCUT2D eigenvalue weighted by Gasteiger charge is -2.13. The lowest BCUT2D eigenvalue weighted by atomic mass is 10.1. The molecule has 2 amide bonds. The van der Waals surface area contributed by atoms with Crippen molar-refractivity contribution >= 4 is 11.8 Å².